The SMILES string of the molecule is COC(=O)CCCN(C)C(=O)c1c[nH]c(C#N)c1. The van der Waals surface area contributed by atoms with E-state index < -0.39 is 0 Å². The van der Waals surface area contributed by atoms with E-state index in [4.69, 9.17) is 5.26 Å². The molecule has 1 N–H and O–H groups in total. The quantitative estimate of drug-likeness (QED) is 0.786. The van der Waals surface area contributed by atoms with Crippen molar-refractivity contribution in [1.82, 2.24) is 9.88 Å². The maximum atomic E-state index is 11.9. The van der Waals surface area contributed by atoms with Crippen LogP contribution in [0, 0.1) is 11.3 Å². The minimum atomic E-state index is -0.288. The third-order valence-electron chi connectivity index (χ3n) is 2.50. The summed E-state index contributed by atoms with van der Waals surface area (Å²) < 4.78 is 4.51. The van der Waals surface area contributed by atoms with Crippen LogP contribution in [0.5, 0.6) is 0 Å². The van der Waals surface area contributed by atoms with E-state index in [1.165, 1.54) is 24.3 Å². The van der Waals surface area contributed by atoms with Gasteiger partial charge in [0.25, 0.3) is 5.91 Å². The molecule has 0 aromatic carbocycles. The summed E-state index contributed by atoms with van der Waals surface area (Å²) in [6, 6.07) is 3.42. The second kappa shape index (κ2) is 6.45. The van der Waals surface area contributed by atoms with E-state index in [0.717, 1.165) is 0 Å². The van der Waals surface area contributed by atoms with Gasteiger partial charge in [0.15, 0.2) is 0 Å². The molecule has 1 amide bonds. The fourth-order valence-corrected chi connectivity index (χ4v) is 1.47. The summed E-state index contributed by atoms with van der Waals surface area (Å²) in [5, 5.41) is 8.64. The Balaban J connectivity index is 2.46. The molecule has 0 atom stereocenters. The molecule has 6 heteroatoms. The molecule has 1 aromatic rings. The molecule has 0 bridgehead atoms. The predicted molar refractivity (Wildman–Crippen MR) is 63.7 cm³/mol. The van der Waals surface area contributed by atoms with E-state index in [-0.39, 0.29) is 18.3 Å². The summed E-state index contributed by atoms with van der Waals surface area (Å²) in [5.41, 5.74) is 0.786. The highest BCUT2D eigenvalue weighted by molar-refractivity contribution is 5.94. The Morgan fingerprint density at radius 2 is 2.28 bits per heavy atom. The smallest absolute Gasteiger partial charge is 0.305 e. The van der Waals surface area contributed by atoms with Gasteiger partial charge >= 0.3 is 5.97 Å². The molecule has 96 valence electrons. The Morgan fingerprint density at radius 3 is 2.83 bits per heavy atom. The Bertz CT molecular complexity index is 473. The number of aromatic nitrogens is 1. The van der Waals surface area contributed by atoms with Crippen LogP contribution < -0.4 is 0 Å². The molecule has 0 fully saturated rings. The van der Waals surface area contributed by atoms with Crippen LogP contribution in [0.1, 0.15) is 28.9 Å². The highest BCUT2D eigenvalue weighted by atomic mass is 16.5. The van der Waals surface area contributed by atoms with E-state index in [1.807, 2.05) is 6.07 Å². The normalized spacial score (nSPS) is 9.61. The number of rotatable bonds is 5. The van der Waals surface area contributed by atoms with E-state index >= 15 is 0 Å². The molecule has 0 spiro atoms. The first-order chi connectivity index (χ1) is 8.58. The van der Waals surface area contributed by atoms with Crippen LogP contribution in [-0.4, -0.2) is 42.5 Å². The highest BCUT2D eigenvalue weighted by Crippen LogP contribution is 2.06. The van der Waals surface area contributed by atoms with Gasteiger partial charge in [-0.05, 0) is 12.5 Å². The zero-order chi connectivity index (χ0) is 13.5. The van der Waals surface area contributed by atoms with Crippen molar-refractivity contribution in [3.8, 4) is 6.07 Å². The third-order valence-corrected chi connectivity index (χ3v) is 2.50. The largest absolute Gasteiger partial charge is 0.469 e. The Kier molecular flexibility index (Phi) is 4.93. The van der Waals surface area contributed by atoms with Crippen LogP contribution in [0.4, 0.5) is 0 Å². The highest BCUT2D eigenvalue weighted by Gasteiger charge is 2.13. The van der Waals surface area contributed by atoms with Gasteiger partial charge in [0, 0.05) is 26.2 Å². The Morgan fingerprint density at radius 1 is 1.56 bits per heavy atom. The molecule has 0 saturated heterocycles. The second-order valence-electron chi connectivity index (χ2n) is 3.82. The maximum Gasteiger partial charge on any atom is 0.305 e. The average Bonchev–Trinajstić information content (AvgIpc) is 2.86. The summed E-state index contributed by atoms with van der Waals surface area (Å²) >= 11 is 0. The van der Waals surface area contributed by atoms with Crippen LogP contribution in [-0.2, 0) is 9.53 Å². The van der Waals surface area contributed by atoms with Gasteiger partial charge in [-0.25, -0.2) is 0 Å². The minimum absolute atomic E-state index is 0.183. The fourth-order valence-electron chi connectivity index (χ4n) is 1.47. The van der Waals surface area contributed by atoms with Crippen molar-refractivity contribution in [2.45, 2.75) is 12.8 Å². The van der Waals surface area contributed by atoms with Gasteiger partial charge in [0.2, 0.25) is 0 Å². The van der Waals surface area contributed by atoms with Gasteiger partial charge in [-0.15, -0.1) is 0 Å². The molecule has 18 heavy (non-hydrogen) atoms. The molecule has 0 aliphatic carbocycles. The van der Waals surface area contributed by atoms with Crippen molar-refractivity contribution in [3.63, 3.8) is 0 Å². The van der Waals surface area contributed by atoms with Gasteiger partial charge in [-0.3, -0.25) is 9.59 Å². The van der Waals surface area contributed by atoms with Crippen molar-refractivity contribution in [1.29, 1.82) is 5.26 Å². The minimum Gasteiger partial charge on any atom is -0.469 e. The third kappa shape index (κ3) is 3.63. The zero-order valence-corrected chi connectivity index (χ0v) is 10.4. The number of esters is 1. The number of H-pyrrole nitrogens is 1. The number of hydrogen-bond acceptors (Lipinski definition) is 4. The lowest BCUT2D eigenvalue weighted by Crippen LogP contribution is -2.27. The Hall–Kier alpha value is -2.29. The number of carbonyl (C=O) groups excluding carboxylic acids is 2. The maximum absolute atomic E-state index is 11.9. The van der Waals surface area contributed by atoms with E-state index in [9.17, 15) is 9.59 Å². The van der Waals surface area contributed by atoms with Crippen LogP contribution >= 0.6 is 0 Å². The molecule has 6 nitrogen and oxygen atoms in total. The van der Waals surface area contributed by atoms with Gasteiger partial charge in [-0.2, -0.15) is 5.26 Å². The number of hydrogen-bond donors (Lipinski definition) is 1. The number of nitrogens with one attached hydrogen (secondary N) is 1. The first kappa shape index (κ1) is 13.8. The van der Waals surface area contributed by atoms with Gasteiger partial charge < -0.3 is 14.6 Å². The molecule has 0 unspecified atom stereocenters. The molecule has 1 aromatic heterocycles. The van der Waals surface area contributed by atoms with Crippen molar-refractivity contribution < 1.29 is 14.3 Å². The number of aromatic amines is 1. The molecule has 1 rings (SSSR count). The van der Waals surface area contributed by atoms with E-state index in [0.29, 0.717) is 24.2 Å². The number of carbonyl (C=O) groups is 2. The topological polar surface area (TPSA) is 86.2 Å². The monoisotopic (exact) mass is 249 g/mol. The van der Waals surface area contributed by atoms with Gasteiger partial charge in [-0.1, -0.05) is 0 Å². The molecule has 0 radical (unpaired) electrons. The summed E-state index contributed by atoms with van der Waals surface area (Å²) in [5.74, 6) is -0.470. The molecule has 1 heterocycles. The zero-order valence-electron chi connectivity index (χ0n) is 10.4. The van der Waals surface area contributed by atoms with Crippen LogP contribution in [0.25, 0.3) is 0 Å². The van der Waals surface area contributed by atoms with Crippen molar-refractivity contribution >= 4 is 11.9 Å². The van der Waals surface area contributed by atoms with E-state index in [2.05, 4.69) is 9.72 Å². The van der Waals surface area contributed by atoms with Crippen molar-refractivity contribution in [3.05, 3.63) is 23.5 Å². The lowest BCUT2D eigenvalue weighted by atomic mass is 10.2. The number of methoxy groups -OCH3 is 1. The molecule has 0 aliphatic heterocycles. The summed E-state index contributed by atoms with van der Waals surface area (Å²) in [7, 11) is 2.99. The van der Waals surface area contributed by atoms with Gasteiger partial charge in [0.1, 0.15) is 11.8 Å². The number of nitrogens with zero attached hydrogens (tertiary/aromatic N) is 2. The number of amides is 1. The first-order valence-corrected chi connectivity index (χ1v) is 5.49. The molecular weight excluding hydrogens is 234 g/mol. The summed E-state index contributed by atoms with van der Waals surface area (Å²) in [6.45, 7) is 0.459. The number of nitriles is 1. The van der Waals surface area contributed by atoms with Crippen molar-refractivity contribution in [2.24, 2.45) is 0 Å². The van der Waals surface area contributed by atoms with Gasteiger partial charge in [0.05, 0.1) is 12.7 Å². The van der Waals surface area contributed by atoms with Crippen LogP contribution in [0.3, 0.4) is 0 Å². The van der Waals surface area contributed by atoms with Crippen LogP contribution in [0.15, 0.2) is 12.3 Å². The first-order valence-electron chi connectivity index (χ1n) is 5.49. The van der Waals surface area contributed by atoms with E-state index in [1.54, 1.807) is 7.05 Å². The fraction of sp³-hybridized carbons (Fsp3) is 0.417. The second-order valence-corrected chi connectivity index (χ2v) is 3.82. The Labute approximate surface area is 105 Å². The molecular formula is C12H15N3O3. The number of ether oxygens (including phenoxy) is 1. The summed E-state index contributed by atoms with van der Waals surface area (Å²) in [6.07, 6.45) is 2.33. The lowest BCUT2D eigenvalue weighted by Gasteiger charge is -2.15. The summed E-state index contributed by atoms with van der Waals surface area (Å²) in [4.78, 5) is 27.0. The predicted octanol–water partition coefficient (Wildman–Crippen LogP) is 0.912. The average molecular weight is 249 g/mol. The molecule has 0 saturated carbocycles. The lowest BCUT2D eigenvalue weighted by molar-refractivity contribution is -0.140. The van der Waals surface area contributed by atoms with Crippen molar-refractivity contribution in [2.75, 3.05) is 20.7 Å². The van der Waals surface area contributed by atoms with Crippen LogP contribution in [0.2, 0.25) is 0 Å². The standard InChI is InChI=1S/C12H15N3O3/c1-15(5-3-4-11(16)18-2)12(17)9-6-10(7-13)14-8-9/h6,8,14H,3-5H2,1-2H3. The molecule has 0 aliphatic rings.